The highest BCUT2D eigenvalue weighted by Crippen LogP contribution is 2.24. The lowest BCUT2D eigenvalue weighted by Gasteiger charge is -2.32. The van der Waals surface area contributed by atoms with Crippen LogP contribution in [0.1, 0.15) is 5.56 Å². The molecular weight excluding hydrogens is 235 g/mol. The number of piperazine rings is 1. The van der Waals surface area contributed by atoms with Crippen LogP contribution < -0.4 is 5.32 Å². The van der Waals surface area contributed by atoms with Gasteiger partial charge in [0.25, 0.3) is 0 Å². The van der Waals surface area contributed by atoms with Crippen molar-refractivity contribution in [2.75, 3.05) is 32.4 Å². The van der Waals surface area contributed by atoms with Crippen LogP contribution >= 0.6 is 11.8 Å². The molecule has 1 atom stereocenters. The number of nitrogens with one attached hydrogen (secondary N) is 1. The van der Waals surface area contributed by atoms with Crippen molar-refractivity contribution in [2.45, 2.75) is 17.9 Å². The van der Waals surface area contributed by atoms with Crippen molar-refractivity contribution in [3.63, 3.8) is 0 Å². The first-order valence-electron chi connectivity index (χ1n) is 5.97. The van der Waals surface area contributed by atoms with Crippen LogP contribution in [0.15, 0.2) is 23.1 Å². The maximum Gasteiger partial charge on any atom is 0.123 e. The van der Waals surface area contributed by atoms with E-state index in [0.29, 0.717) is 6.04 Å². The van der Waals surface area contributed by atoms with Crippen LogP contribution in [0.4, 0.5) is 4.39 Å². The van der Waals surface area contributed by atoms with Gasteiger partial charge in [0.1, 0.15) is 5.82 Å². The quantitative estimate of drug-likeness (QED) is 0.832. The third-order valence-electron chi connectivity index (χ3n) is 3.21. The zero-order valence-corrected chi connectivity index (χ0v) is 11.2. The summed E-state index contributed by atoms with van der Waals surface area (Å²) in [6.45, 7) is 5.19. The number of aryl methyl sites for hydroxylation is 1. The highest BCUT2D eigenvalue weighted by molar-refractivity contribution is 7.99. The minimum atomic E-state index is -0.150. The summed E-state index contributed by atoms with van der Waals surface area (Å²) in [6.07, 6.45) is 0. The first kappa shape index (κ1) is 12.9. The molecule has 17 heavy (non-hydrogen) atoms. The van der Waals surface area contributed by atoms with Gasteiger partial charge in [0.2, 0.25) is 0 Å². The summed E-state index contributed by atoms with van der Waals surface area (Å²) < 4.78 is 13.0. The Kier molecular flexibility index (Phi) is 4.42. The molecule has 1 aliphatic heterocycles. The van der Waals surface area contributed by atoms with Crippen LogP contribution in [0, 0.1) is 12.7 Å². The Balaban J connectivity index is 1.92. The largest absolute Gasteiger partial charge is 0.314 e. The maximum atomic E-state index is 13.0. The van der Waals surface area contributed by atoms with Crippen molar-refractivity contribution in [3.05, 3.63) is 29.6 Å². The smallest absolute Gasteiger partial charge is 0.123 e. The third-order valence-corrected chi connectivity index (χ3v) is 4.53. The molecule has 1 fully saturated rings. The summed E-state index contributed by atoms with van der Waals surface area (Å²) in [6, 6.07) is 5.59. The number of rotatable bonds is 3. The van der Waals surface area contributed by atoms with E-state index in [2.05, 4.69) is 17.3 Å². The molecule has 2 nitrogen and oxygen atoms in total. The fraction of sp³-hybridized carbons (Fsp3) is 0.538. The average Bonchev–Trinajstić information content (AvgIpc) is 2.30. The second-order valence-corrected chi connectivity index (χ2v) is 5.62. The van der Waals surface area contributed by atoms with Gasteiger partial charge in [0.05, 0.1) is 0 Å². The zero-order valence-electron chi connectivity index (χ0n) is 10.4. The standard InChI is InChI=1S/C13H19FN2S/c1-10-7-11(14)3-4-13(10)17-9-12-8-15-5-6-16(12)2/h3-4,7,12,15H,5-6,8-9H2,1-2H3. The normalized spacial score (nSPS) is 21.7. The molecule has 2 rings (SSSR count). The minimum Gasteiger partial charge on any atom is -0.314 e. The lowest BCUT2D eigenvalue weighted by atomic mass is 10.2. The summed E-state index contributed by atoms with van der Waals surface area (Å²) in [7, 11) is 2.17. The van der Waals surface area contributed by atoms with Gasteiger partial charge in [-0.15, -0.1) is 11.8 Å². The van der Waals surface area contributed by atoms with E-state index in [-0.39, 0.29) is 5.82 Å². The number of hydrogen-bond acceptors (Lipinski definition) is 3. The monoisotopic (exact) mass is 254 g/mol. The van der Waals surface area contributed by atoms with Crippen molar-refractivity contribution in [3.8, 4) is 0 Å². The molecule has 1 heterocycles. The summed E-state index contributed by atoms with van der Waals surface area (Å²) in [5.41, 5.74) is 1.03. The first-order valence-corrected chi connectivity index (χ1v) is 6.95. The molecule has 0 bridgehead atoms. The second-order valence-electron chi connectivity index (χ2n) is 4.56. The number of likely N-dealkylation sites (N-methyl/N-ethyl adjacent to an activating group) is 1. The van der Waals surface area contributed by atoms with Gasteiger partial charge in [-0.3, -0.25) is 0 Å². The Bertz CT molecular complexity index is 384. The van der Waals surface area contributed by atoms with E-state index in [1.807, 2.05) is 24.8 Å². The van der Waals surface area contributed by atoms with E-state index >= 15 is 0 Å². The predicted octanol–water partition coefficient (Wildman–Crippen LogP) is 2.13. The molecule has 0 aromatic heterocycles. The number of benzene rings is 1. The van der Waals surface area contributed by atoms with Crippen molar-refractivity contribution in [1.29, 1.82) is 0 Å². The van der Waals surface area contributed by atoms with E-state index < -0.39 is 0 Å². The van der Waals surface area contributed by atoms with Crippen LogP contribution in [0.25, 0.3) is 0 Å². The zero-order chi connectivity index (χ0) is 12.3. The third kappa shape index (κ3) is 3.44. The van der Waals surface area contributed by atoms with Crippen molar-refractivity contribution in [2.24, 2.45) is 0 Å². The molecule has 1 aliphatic rings. The molecule has 0 amide bonds. The van der Waals surface area contributed by atoms with Crippen molar-refractivity contribution >= 4 is 11.8 Å². The maximum absolute atomic E-state index is 13.0. The fourth-order valence-corrected chi connectivity index (χ4v) is 3.20. The predicted molar refractivity (Wildman–Crippen MR) is 71.1 cm³/mol. The summed E-state index contributed by atoms with van der Waals surface area (Å²) in [4.78, 5) is 3.58. The topological polar surface area (TPSA) is 15.3 Å². The molecule has 1 saturated heterocycles. The van der Waals surface area contributed by atoms with Crippen LogP contribution in [-0.4, -0.2) is 43.4 Å². The molecule has 1 aromatic rings. The lowest BCUT2D eigenvalue weighted by molar-refractivity contribution is 0.218. The van der Waals surface area contributed by atoms with Crippen molar-refractivity contribution in [1.82, 2.24) is 10.2 Å². The summed E-state index contributed by atoms with van der Waals surface area (Å²) in [5.74, 6) is 0.902. The van der Waals surface area contributed by atoms with E-state index in [9.17, 15) is 4.39 Å². The van der Waals surface area contributed by atoms with Gasteiger partial charge in [-0.25, -0.2) is 4.39 Å². The Labute approximate surface area is 107 Å². The van der Waals surface area contributed by atoms with Gasteiger partial charge >= 0.3 is 0 Å². The van der Waals surface area contributed by atoms with E-state index in [0.717, 1.165) is 31.0 Å². The van der Waals surface area contributed by atoms with Gasteiger partial charge in [-0.05, 0) is 37.7 Å². The Morgan fingerprint density at radius 2 is 2.35 bits per heavy atom. The molecule has 4 heteroatoms. The first-order chi connectivity index (χ1) is 8.16. The Morgan fingerprint density at radius 3 is 3.06 bits per heavy atom. The van der Waals surface area contributed by atoms with Crippen LogP contribution in [-0.2, 0) is 0 Å². The molecule has 0 saturated carbocycles. The number of halogens is 1. The molecule has 0 spiro atoms. The Hall–Kier alpha value is -0.580. The van der Waals surface area contributed by atoms with E-state index in [1.165, 1.54) is 11.0 Å². The molecule has 1 unspecified atom stereocenters. The molecule has 94 valence electrons. The van der Waals surface area contributed by atoms with E-state index in [1.54, 1.807) is 6.07 Å². The van der Waals surface area contributed by atoms with Crippen molar-refractivity contribution < 1.29 is 4.39 Å². The number of thioether (sulfide) groups is 1. The number of nitrogens with zero attached hydrogens (tertiary/aromatic N) is 1. The van der Waals surface area contributed by atoms with Gasteiger partial charge in [-0.1, -0.05) is 0 Å². The highest BCUT2D eigenvalue weighted by atomic mass is 32.2. The molecule has 1 aromatic carbocycles. The van der Waals surface area contributed by atoms with Gasteiger partial charge in [0.15, 0.2) is 0 Å². The fourth-order valence-electron chi connectivity index (χ4n) is 2.01. The highest BCUT2D eigenvalue weighted by Gasteiger charge is 2.18. The average molecular weight is 254 g/mol. The number of hydrogen-bond donors (Lipinski definition) is 1. The summed E-state index contributed by atoms with van der Waals surface area (Å²) in [5, 5.41) is 3.41. The van der Waals surface area contributed by atoms with Crippen LogP contribution in [0.3, 0.4) is 0 Å². The van der Waals surface area contributed by atoms with E-state index in [4.69, 9.17) is 0 Å². The second kappa shape index (κ2) is 5.85. The van der Waals surface area contributed by atoms with Gasteiger partial charge in [0, 0.05) is 36.3 Å². The van der Waals surface area contributed by atoms with Gasteiger partial charge in [-0.2, -0.15) is 0 Å². The lowest BCUT2D eigenvalue weighted by Crippen LogP contribution is -2.50. The van der Waals surface area contributed by atoms with Crippen LogP contribution in [0.5, 0.6) is 0 Å². The summed E-state index contributed by atoms with van der Waals surface area (Å²) >= 11 is 1.82. The Morgan fingerprint density at radius 1 is 1.53 bits per heavy atom. The molecular formula is C13H19FN2S. The van der Waals surface area contributed by atoms with Gasteiger partial charge < -0.3 is 10.2 Å². The molecule has 0 aliphatic carbocycles. The molecule has 1 N–H and O–H groups in total. The minimum absolute atomic E-state index is 0.150. The molecule has 0 radical (unpaired) electrons. The van der Waals surface area contributed by atoms with Crippen LogP contribution in [0.2, 0.25) is 0 Å². The SMILES string of the molecule is Cc1cc(F)ccc1SCC1CNCCN1C.